The van der Waals surface area contributed by atoms with Crippen LogP contribution >= 0.6 is 0 Å². The van der Waals surface area contributed by atoms with Crippen molar-refractivity contribution in [3.63, 3.8) is 0 Å². The molecule has 0 atom stereocenters. The predicted molar refractivity (Wildman–Crippen MR) is 61.4 cm³/mol. The van der Waals surface area contributed by atoms with Gasteiger partial charge in [-0.05, 0) is 23.8 Å². The third-order valence-corrected chi connectivity index (χ3v) is 2.69. The molecule has 0 saturated carbocycles. The molecule has 0 saturated heterocycles. The minimum absolute atomic E-state index is 0.874. The molecule has 0 heterocycles. The number of benzene rings is 1. The largest absolute Gasteiger partial charge is 0.496 e. The number of hydrogen-bond donors (Lipinski definition) is 0. The molecule has 1 aliphatic carbocycles. The Hall–Kier alpha value is -1.70. The standard InChI is InChI=1S/C13H14O2/c1-4-9-7-10-11(8-9)13(15-3)6-5-12(10)14-2/h4-7H,1,8H2,2-3H3. The lowest BCUT2D eigenvalue weighted by molar-refractivity contribution is 0.399. The zero-order valence-corrected chi connectivity index (χ0v) is 9.04. The van der Waals surface area contributed by atoms with Crippen molar-refractivity contribution in [2.45, 2.75) is 6.42 Å². The van der Waals surface area contributed by atoms with Crippen molar-refractivity contribution in [1.82, 2.24) is 0 Å². The van der Waals surface area contributed by atoms with Crippen LogP contribution in [0.5, 0.6) is 11.5 Å². The van der Waals surface area contributed by atoms with Gasteiger partial charge in [0.25, 0.3) is 0 Å². The molecule has 0 N–H and O–H groups in total. The number of rotatable bonds is 3. The van der Waals surface area contributed by atoms with Gasteiger partial charge in [-0.2, -0.15) is 0 Å². The van der Waals surface area contributed by atoms with Gasteiger partial charge in [0.1, 0.15) is 11.5 Å². The Morgan fingerprint density at radius 3 is 2.47 bits per heavy atom. The molecule has 0 aliphatic heterocycles. The lowest BCUT2D eigenvalue weighted by Crippen LogP contribution is -1.94. The van der Waals surface area contributed by atoms with Gasteiger partial charge in [-0.15, -0.1) is 0 Å². The van der Waals surface area contributed by atoms with Crippen molar-refractivity contribution >= 4 is 6.08 Å². The van der Waals surface area contributed by atoms with Crippen LogP contribution in [-0.4, -0.2) is 14.2 Å². The van der Waals surface area contributed by atoms with Gasteiger partial charge in [0.05, 0.1) is 14.2 Å². The van der Waals surface area contributed by atoms with E-state index in [0.29, 0.717) is 0 Å². The number of allylic oxidation sites excluding steroid dienone is 2. The first-order valence-corrected chi connectivity index (χ1v) is 4.87. The fourth-order valence-corrected chi connectivity index (χ4v) is 1.90. The van der Waals surface area contributed by atoms with Crippen LogP contribution in [0.15, 0.2) is 30.4 Å². The van der Waals surface area contributed by atoms with Crippen LogP contribution in [0.25, 0.3) is 6.08 Å². The molecular weight excluding hydrogens is 188 g/mol. The molecule has 0 bridgehead atoms. The Labute approximate surface area is 89.8 Å². The van der Waals surface area contributed by atoms with Crippen LogP contribution in [0.2, 0.25) is 0 Å². The normalized spacial score (nSPS) is 13.1. The maximum atomic E-state index is 5.33. The van der Waals surface area contributed by atoms with Crippen molar-refractivity contribution < 1.29 is 9.47 Å². The summed E-state index contributed by atoms with van der Waals surface area (Å²) in [7, 11) is 3.37. The first-order valence-electron chi connectivity index (χ1n) is 4.87. The van der Waals surface area contributed by atoms with E-state index >= 15 is 0 Å². The first-order chi connectivity index (χ1) is 7.30. The summed E-state index contributed by atoms with van der Waals surface area (Å²) in [5.41, 5.74) is 3.51. The summed E-state index contributed by atoms with van der Waals surface area (Å²) in [6.07, 6.45) is 4.85. The number of fused-ring (bicyclic) bond motifs is 1. The summed E-state index contributed by atoms with van der Waals surface area (Å²) in [4.78, 5) is 0. The van der Waals surface area contributed by atoms with Gasteiger partial charge in [0.2, 0.25) is 0 Å². The van der Waals surface area contributed by atoms with Gasteiger partial charge in [-0.3, -0.25) is 0 Å². The highest BCUT2D eigenvalue weighted by molar-refractivity contribution is 5.73. The first kappa shape index (κ1) is 9.84. The lowest BCUT2D eigenvalue weighted by Gasteiger charge is -2.10. The molecule has 2 heteroatoms. The van der Waals surface area contributed by atoms with Crippen molar-refractivity contribution in [2.75, 3.05) is 14.2 Å². The molecule has 0 aromatic heterocycles. The summed E-state index contributed by atoms with van der Waals surface area (Å²) >= 11 is 0. The van der Waals surface area contributed by atoms with Crippen molar-refractivity contribution in [3.8, 4) is 11.5 Å². The van der Waals surface area contributed by atoms with Crippen molar-refractivity contribution in [1.29, 1.82) is 0 Å². The van der Waals surface area contributed by atoms with Crippen LogP contribution in [0, 0.1) is 0 Å². The topological polar surface area (TPSA) is 18.5 Å². The third-order valence-electron chi connectivity index (χ3n) is 2.69. The molecular formula is C13H14O2. The zero-order valence-electron chi connectivity index (χ0n) is 9.04. The van der Waals surface area contributed by atoms with E-state index in [4.69, 9.17) is 9.47 Å². The van der Waals surface area contributed by atoms with Gasteiger partial charge in [0, 0.05) is 17.5 Å². The Morgan fingerprint density at radius 1 is 1.20 bits per heavy atom. The van der Waals surface area contributed by atoms with Crippen molar-refractivity contribution in [2.24, 2.45) is 0 Å². The highest BCUT2D eigenvalue weighted by Crippen LogP contribution is 2.38. The Kier molecular flexibility index (Phi) is 2.50. The Morgan fingerprint density at radius 2 is 1.87 bits per heavy atom. The molecule has 0 spiro atoms. The summed E-state index contributed by atoms with van der Waals surface area (Å²) in [6, 6.07) is 3.87. The quantitative estimate of drug-likeness (QED) is 0.750. The van der Waals surface area contributed by atoms with E-state index in [1.165, 1.54) is 11.1 Å². The van der Waals surface area contributed by atoms with E-state index in [9.17, 15) is 0 Å². The molecule has 0 fully saturated rings. The predicted octanol–water partition coefficient (Wildman–Crippen LogP) is 2.83. The number of hydrogen-bond acceptors (Lipinski definition) is 2. The maximum absolute atomic E-state index is 5.33. The van der Waals surface area contributed by atoms with Gasteiger partial charge in [-0.1, -0.05) is 12.7 Å². The molecule has 0 unspecified atom stereocenters. The molecule has 2 nitrogen and oxygen atoms in total. The van der Waals surface area contributed by atoms with Crippen LogP contribution in [0.4, 0.5) is 0 Å². The second kappa shape index (κ2) is 3.81. The van der Waals surface area contributed by atoms with E-state index in [1.54, 1.807) is 14.2 Å². The highest BCUT2D eigenvalue weighted by Gasteiger charge is 2.19. The molecule has 1 aromatic carbocycles. The molecule has 15 heavy (non-hydrogen) atoms. The van der Waals surface area contributed by atoms with Crippen LogP contribution in [0.1, 0.15) is 11.1 Å². The zero-order chi connectivity index (χ0) is 10.8. The fraction of sp³-hybridized carbons (Fsp3) is 0.231. The number of ether oxygens (including phenoxy) is 2. The van der Waals surface area contributed by atoms with E-state index in [1.807, 2.05) is 18.2 Å². The fourth-order valence-electron chi connectivity index (χ4n) is 1.90. The van der Waals surface area contributed by atoms with E-state index in [-0.39, 0.29) is 0 Å². The Bertz CT molecular complexity index is 430. The Balaban J connectivity index is 2.55. The van der Waals surface area contributed by atoms with Crippen LogP contribution in [-0.2, 0) is 6.42 Å². The van der Waals surface area contributed by atoms with E-state index in [0.717, 1.165) is 23.5 Å². The monoisotopic (exact) mass is 202 g/mol. The van der Waals surface area contributed by atoms with Gasteiger partial charge in [0.15, 0.2) is 0 Å². The average molecular weight is 202 g/mol. The van der Waals surface area contributed by atoms with Crippen molar-refractivity contribution in [3.05, 3.63) is 41.5 Å². The lowest BCUT2D eigenvalue weighted by atomic mass is 10.1. The average Bonchev–Trinajstić information content (AvgIpc) is 2.71. The second-order valence-corrected chi connectivity index (χ2v) is 3.46. The summed E-state index contributed by atoms with van der Waals surface area (Å²) in [5, 5.41) is 0. The maximum Gasteiger partial charge on any atom is 0.126 e. The molecule has 1 aromatic rings. The highest BCUT2D eigenvalue weighted by atomic mass is 16.5. The summed E-state index contributed by atoms with van der Waals surface area (Å²) in [6.45, 7) is 3.79. The number of methoxy groups -OCH3 is 2. The van der Waals surface area contributed by atoms with E-state index in [2.05, 4.69) is 12.7 Å². The SMILES string of the molecule is C=CC1=Cc2c(OC)ccc(OC)c2C1. The third kappa shape index (κ3) is 1.52. The minimum atomic E-state index is 0.874. The van der Waals surface area contributed by atoms with Crippen LogP contribution in [0.3, 0.4) is 0 Å². The molecule has 0 amide bonds. The molecule has 0 radical (unpaired) electrons. The molecule has 78 valence electrons. The van der Waals surface area contributed by atoms with Gasteiger partial charge < -0.3 is 9.47 Å². The van der Waals surface area contributed by atoms with E-state index < -0.39 is 0 Å². The smallest absolute Gasteiger partial charge is 0.126 e. The molecule has 1 aliphatic rings. The second-order valence-electron chi connectivity index (χ2n) is 3.46. The summed E-state index contributed by atoms with van der Waals surface area (Å²) in [5.74, 6) is 1.81. The summed E-state index contributed by atoms with van der Waals surface area (Å²) < 4.78 is 10.6. The van der Waals surface area contributed by atoms with Crippen LogP contribution < -0.4 is 9.47 Å². The van der Waals surface area contributed by atoms with Gasteiger partial charge in [-0.25, -0.2) is 0 Å². The van der Waals surface area contributed by atoms with Gasteiger partial charge >= 0.3 is 0 Å². The minimum Gasteiger partial charge on any atom is -0.496 e. The molecule has 2 rings (SSSR count).